The van der Waals surface area contributed by atoms with Crippen LogP contribution in [0.25, 0.3) is 0 Å². The maximum Gasteiger partial charge on any atom is 0.287 e. The molecule has 5 nitrogen and oxygen atoms in total. The molecular weight excluding hydrogens is 280 g/mol. The fourth-order valence-electron chi connectivity index (χ4n) is 3.88. The molecule has 0 aromatic carbocycles. The normalized spacial score (nSPS) is 22.0. The Morgan fingerprint density at radius 1 is 0.909 bits per heavy atom. The molecular formula is C17H28N2O3. The first-order chi connectivity index (χ1) is 10.6. The van der Waals surface area contributed by atoms with Gasteiger partial charge in [-0.2, -0.15) is 0 Å². The maximum atomic E-state index is 12.3. The highest BCUT2D eigenvalue weighted by Gasteiger charge is 2.31. The zero-order chi connectivity index (χ0) is 15.9. The zero-order valence-corrected chi connectivity index (χ0v) is 13.3. The predicted molar refractivity (Wildman–Crippen MR) is 83.9 cm³/mol. The topological polar surface area (TPSA) is 89.3 Å². The first-order valence-corrected chi connectivity index (χ1v) is 8.71. The van der Waals surface area contributed by atoms with Crippen molar-refractivity contribution in [1.82, 2.24) is 5.32 Å². The molecule has 5 heteroatoms. The van der Waals surface area contributed by atoms with Gasteiger partial charge in [0.25, 0.3) is 5.91 Å². The summed E-state index contributed by atoms with van der Waals surface area (Å²) < 4.78 is 0. The van der Waals surface area contributed by atoms with Gasteiger partial charge in [0.2, 0.25) is 11.7 Å². The summed E-state index contributed by atoms with van der Waals surface area (Å²) in [6.45, 7) is 0. The van der Waals surface area contributed by atoms with Crippen molar-refractivity contribution >= 4 is 17.6 Å². The Morgan fingerprint density at radius 2 is 1.45 bits per heavy atom. The van der Waals surface area contributed by atoms with Crippen LogP contribution in [0.2, 0.25) is 0 Å². The van der Waals surface area contributed by atoms with Crippen LogP contribution in [0.4, 0.5) is 0 Å². The molecule has 22 heavy (non-hydrogen) atoms. The van der Waals surface area contributed by atoms with Crippen molar-refractivity contribution in [2.75, 3.05) is 0 Å². The van der Waals surface area contributed by atoms with Crippen molar-refractivity contribution in [2.45, 2.75) is 76.7 Å². The molecule has 2 aliphatic carbocycles. The van der Waals surface area contributed by atoms with Gasteiger partial charge in [0.1, 0.15) is 0 Å². The van der Waals surface area contributed by atoms with E-state index in [0.29, 0.717) is 0 Å². The fourth-order valence-corrected chi connectivity index (χ4v) is 3.88. The maximum absolute atomic E-state index is 12.3. The highest BCUT2D eigenvalue weighted by molar-refractivity contribution is 6.37. The van der Waals surface area contributed by atoms with E-state index in [4.69, 9.17) is 5.73 Å². The molecule has 0 aromatic rings. The quantitative estimate of drug-likeness (QED) is 0.736. The lowest BCUT2D eigenvalue weighted by Crippen LogP contribution is -2.47. The Balaban J connectivity index is 1.93. The van der Waals surface area contributed by atoms with Gasteiger partial charge in [0.05, 0.1) is 0 Å². The van der Waals surface area contributed by atoms with Crippen molar-refractivity contribution in [3.8, 4) is 0 Å². The van der Waals surface area contributed by atoms with Crippen molar-refractivity contribution in [3.63, 3.8) is 0 Å². The van der Waals surface area contributed by atoms with Crippen molar-refractivity contribution in [1.29, 1.82) is 0 Å². The number of ketones is 1. The molecule has 2 rings (SSSR count). The lowest BCUT2D eigenvalue weighted by atomic mass is 9.82. The van der Waals surface area contributed by atoms with E-state index in [2.05, 4.69) is 5.32 Å². The van der Waals surface area contributed by atoms with E-state index in [-0.39, 0.29) is 30.1 Å². The van der Waals surface area contributed by atoms with Gasteiger partial charge >= 0.3 is 0 Å². The molecule has 124 valence electrons. The minimum atomic E-state index is -0.510. The number of Topliss-reactive ketones (excluding diaryl/α,β-unsaturated/α-hetero) is 1. The SMILES string of the molecule is NC(=O)CC(NC(=O)C(=O)C1CCCCC1)C1CCCCC1. The fraction of sp³-hybridized carbons (Fsp3) is 0.824. The van der Waals surface area contributed by atoms with Gasteiger partial charge < -0.3 is 11.1 Å². The third-order valence-corrected chi connectivity index (χ3v) is 5.16. The second-order valence-corrected chi connectivity index (χ2v) is 6.85. The van der Waals surface area contributed by atoms with Crippen LogP contribution in [-0.4, -0.2) is 23.6 Å². The molecule has 0 heterocycles. The van der Waals surface area contributed by atoms with E-state index in [1.54, 1.807) is 0 Å². The van der Waals surface area contributed by atoms with Crippen molar-refractivity contribution in [2.24, 2.45) is 17.6 Å². The lowest BCUT2D eigenvalue weighted by Gasteiger charge is -2.30. The van der Waals surface area contributed by atoms with E-state index < -0.39 is 11.8 Å². The molecule has 2 saturated carbocycles. The van der Waals surface area contributed by atoms with Gasteiger partial charge in [-0.15, -0.1) is 0 Å². The molecule has 1 unspecified atom stereocenters. The van der Waals surface area contributed by atoms with E-state index in [9.17, 15) is 14.4 Å². The molecule has 2 amide bonds. The number of nitrogens with two attached hydrogens (primary N) is 1. The van der Waals surface area contributed by atoms with Gasteiger partial charge in [-0.1, -0.05) is 38.5 Å². The first kappa shape index (κ1) is 17.0. The van der Waals surface area contributed by atoms with Crippen molar-refractivity contribution < 1.29 is 14.4 Å². The molecule has 2 fully saturated rings. The number of carbonyl (C=O) groups excluding carboxylic acids is 3. The molecule has 0 saturated heterocycles. The first-order valence-electron chi connectivity index (χ1n) is 8.71. The summed E-state index contributed by atoms with van der Waals surface area (Å²) >= 11 is 0. The lowest BCUT2D eigenvalue weighted by molar-refractivity contribution is -0.141. The molecule has 0 aromatic heterocycles. The molecule has 2 aliphatic rings. The number of primary amides is 1. The van der Waals surface area contributed by atoms with Crippen LogP contribution >= 0.6 is 0 Å². The largest absolute Gasteiger partial charge is 0.370 e. The Labute approximate surface area is 132 Å². The zero-order valence-electron chi connectivity index (χ0n) is 13.3. The number of carbonyl (C=O) groups is 3. The number of rotatable bonds is 6. The Bertz CT molecular complexity index is 410. The summed E-state index contributed by atoms with van der Waals surface area (Å²) in [5.41, 5.74) is 5.32. The van der Waals surface area contributed by atoms with Crippen LogP contribution in [0.15, 0.2) is 0 Å². The average Bonchev–Trinajstić information content (AvgIpc) is 2.54. The molecule has 0 spiro atoms. The Hall–Kier alpha value is -1.39. The van der Waals surface area contributed by atoms with Crippen LogP contribution in [-0.2, 0) is 14.4 Å². The second-order valence-electron chi connectivity index (χ2n) is 6.85. The number of nitrogens with one attached hydrogen (secondary N) is 1. The predicted octanol–water partition coefficient (Wildman–Crippen LogP) is 2.08. The van der Waals surface area contributed by atoms with Gasteiger partial charge in [-0.3, -0.25) is 14.4 Å². The molecule has 0 aliphatic heterocycles. The van der Waals surface area contributed by atoms with E-state index in [1.807, 2.05) is 0 Å². The average molecular weight is 308 g/mol. The van der Waals surface area contributed by atoms with Gasteiger partial charge in [0, 0.05) is 18.4 Å². The second kappa shape index (κ2) is 8.30. The van der Waals surface area contributed by atoms with Gasteiger partial charge in [0.15, 0.2) is 0 Å². The number of amides is 2. The summed E-state index contributed by atoms with van der Waals surface area (Å²) in [5, 5.41) is 2.83. The minimum absolute atomic E-state index is 0.130. The molecule has 3 N–H and O–H groups in total. The standard InChI is InChI=1S/C17H28N2O3/c18-15(20)11-14(12-7-3-1-4-8-12)19-17(22)16(21)13-9-5-2-6-10-13/h12-14H,1-11H2,(H2,18,20)(H,19,22). The summed E-state index contributed by atoms with van der Waals surface area (Å²) in [4.78, 5) is 35.8. The summed E-state index contributed by atoms with van der Waals surface area (Å²) in [6.07, 6.45) is 10.4. The van der Waals surface area contributed by atoms with Crippen LogP contribution in [0.5, 0.6) is 0 Å². The smallest absolute Gasteiger partial charge is 0.287 e. The van der Waals surface area contributed by atoms with E-state index >= 15 is 0 Å². The van der Waals surface area contributed by atoms with Gasteiger partial charge in [-0.05, 0) is 31.6 Å². The molecule has 1 atom stereocenters. The van der Waals surface area contributed by atoms with E-state index in [0.717, 1.165) is 57.8 Å². The third-order valence-electron chi connectivity index (χ3n) is 5.16. The Kier molecular flexibility index (Phi) is 6.40. The van der Waals surface area contributed by atoms with Crippen LogP contribution in [0.3, 0.4) is 0 Å². The minimum Gasteiger partial charge on any atom is -0.370 e. The van der Waals surface area contributed by atoms with Crippen LogP contribution in [0.1, 0.15) is 70.6 Å². The van der Waals surface area contributed by atoms with Crippen LogP contribution in [0, 0.1) is 11.8 Å². The van der Waals surface area contributed by atoms with E-state index in [1.165, 1.54) is 6.42 Å². The number of hydrogen-bond acceptors (Lipinski definition) is 3. The highest BCUT2D eigenvalue weighted by Crippen LogP contribution is 2.28. The van der Waals surface area contributed by atoms with Gasteiger partial charge in [-0.25, -0.2) is 0 Å². The summed E-state index contributed by atoms with van der Waals surface area (Å²) in [7, 11) is 0. The Morgan fingerprint density at radius 3 is 2.00 bits per heavy atom. The summed E-state index contributed by atoms with van der Waals surface area (Å²) in [6, 6.07) is -0.280. The van der Waals surface area contributed by atoms with Crippen molar-refractivity contribution in [3.05, 3.63) is 0 Å². The summed E-state index contributed by atoms with van der Waals surface area (Å²) in [5.74, 6) is -1.09. The molecule has 0 radical (unpaired) electrons. The highest BCUT2D eigenvalue weighted by atomic mass is 16.2. The number of hydrogen-bond donors (Lipinski definition) is 2. The third kappa shape index (κ3) is 4.82. The monoisotopic (exact) mass is 308 g/mol. The van der Waals surface area contributed by atoms with Crippen LogP contribution < -0.4 is 11.1 Å². The molecule has 0 bridgehead atoms.